The number of rotatable bonds is 13. The van der Waals surface area contributed by atoms with Gasteiger partial charge in [-0.15, -0.1) is 6.42 Å². The quantitative estimate of drug-likeness (QED) is 0.248. The fourth-order valence-electron chi connectivity index (χ4n) is 7.39. The maximum atomic E-state index is 14.6. The van der Waals surface area contributed by atoms with Crippen LogP contribution in [-0.4, -0.2) is 115 Å². The van der Waals surface area contributed by atoms with Crippen LogP contribution in [-0.2, 0) is 27.4 Å². The normalized spacial score (nSPS) is 19.7. The first-order chi connectivity index (χ1) is 26.6. The van der Waals surface area contributed by atoms with E-state index in [4.69, 9.17) is 15.9 Å². The van der Waals surface area contributed by atoms with Crippen molar-refractivity contribution >= 4 is 34.7 Å². The fourth-order valence-corrected chi connectivity index (χ4v) is 7.39. The molecule has 2 aliphatic heterocycles. The molecule has 2 fully saturated rings. The molecule has 0 bridgehead atoms. The largest absolute Gasteiger partial charge is 0.497 e. The molecule has 2 N–H and O–H groups in total. The van der Waals surface area contributed by atoms with Crippen molar-refractivity contribution in [2.24, 2.45) is 5.92 Å². The summed E-state index contributed by atoms with van der Waals surface area (Å²) in [5.41, 5.74) is 2.79. The minimum absolute atomic E-state index is 0.0764. The predicted molar refractivity (Wildman–Crippen MR) is 209 cm³/mol. The molecule has 2 saturated heterocycles. The van der Waals surface area contributed by atoms with E-state index in [1.165, 1.54) is 5.01 Å². The molecule has 0 spiro atoms. The van der Waals surface area contributed by atoms with Crippen molar-refractivity contribution in [3.63, 3.8) is 0 Å². The minimum atomic E-state index is -0.829. The lowest BCUT2D eigenvalue weighted by Crippen LogP contribution is -2.65. The van der Waals surface area contributed by atoms with E-state index in [0.29, 0.717) is 37.6 Å². The number of fused-ring (bicyclic) bond motifs is 2. The van der Waals surface area contributed by atoms with Crippen molar-refractivity contribution < 1.29 is 28.7 Å². The van der Waals surface area contributed by atoms with E-state index in [2.05, 4.69) is 16.6 Å². The van der Waals surface area contributed by atoms with E-state index in [0.717, 1.165) is 27.5 Å². The number of hydrogen-bond donors (Lipinski definition) is 2. The van der Waals surface area contributed by atoms with Gasteiger partial charge in [-0.3, -0.25) is 9.59 Å². The van der Waals surface area contributed by atoms with Crippen molar-refractivity contribution in [2.45, 2.75) is 45.1 Å². The second kappa shape index (κ2) is 17.5. The third-order valence-corrected chi connectivity index (χ3v) is 10.2. The maximum Gasteiger partial charge on any atom is 0.412 e. The second-order valence-corrected chi connectivity index (χ2v) is 14.3. The number of hydrazine groups is 1. The van der Waals surface area contributed by atoms with Gasteiger partial charge in [-0.1, -0.05) is 79.1 Å². The number of hydrogen-bond acceptors (Lipinski definition) is 8. The number of benzene rings is 3. The number of amides is 5. The van der Waals surface area contributed by atoms with Crippen LogP contribution in [0.2, 0.25) is 0 Å². The van der Waals surface area contributed by atoms with Gasteiger partial charge in [0.1, 0.15) is 23.7 Å². The van der Waals surface area contributed by atoms with E-state index in [1.807, 2.05) is 98.7 Å². The first-order valence-corrected chi connectivity index (χ1v) is 18.5. The SMILES string of the molecule is C#CCN(C(=O)NCc1ccc(OC)cc1)N1CC(=O)N2[C@@H](CC3=CC=C(OC(=O)NCCN(C)C)[C@H](C)C3)C(=O)N(Cc3cccc4ccccc34)C[C@@H]21. The van der Waals surface area contributed by atoms with Gasteiger partial charge in [-0.25, -0.2) is 14.6 Å². The van der Waals surface area contributed by atoms with Crippen LogP contribution >= 0.6 is 0 Å². The smallest absolute Gasteiger partial charge is 0.412 e. The van der Waals surface area contributed by atoms with Crippen molar-refractivity contribution in [2.75, 3.05) is 53.9 Å². The molecule has 288 valence electrons. The van der Waals surface area contributed by atoms with Gasteiger partial charge in [-0.05, 0) is 67.0 Å². The molecular formula is C42H49N7O6. The average Bonchev–Trinajstić information content (AvgIpc) is 3.50. The topological polar surface area (TPSA) is 127 Å². The van der Waals surface area contributed by atoms with Crippen LogP contribution in [0.25, 0.3) is 10.8 Å². The highest BCUT2D eigenvalue weighted by atomic mass is 16.6. The second-order valence-electron chi connectivity index (χ2n) is 14.3. The summed E-state index contributed by atoms with van der Waals surface area (Å²) in [6, 6.07) is 20.1. The van der Waals surface area contributed by atoms with Gasteiger partial charge >= 0.3 is 12.1 Å². The molecule has 0 radical (unpaired) electrons. The van der Waals surface area contributed by atoms with Crippen LogP contribution in [0.3, 0.4) is 0 Å². The number of alkyl carbamates (subject to hydrolysis) is 1. The Bertz CT molecular complexity index is 2000. The molecule has 13 nitrogen and oxygen atoms in total. The lowest BCUT2D eigenvalue weighted by atomic mass is 9.88. The fraction of sp³-hybridized carbons (Fsp3) is 0.381. The molecule has 3 aromatic carbocycles. The number of terminal acetylenes is 1. The number of carbonyl (C=O) groups excluding carboxylic acids is 4. The van der Waals surface area contributed by atoms with E-state index < -0.39 is 24.3 Å². The molecule has 5 amide bonds. The van der Waals surface area contributed by atoms with Gasteiger partial charge in [0.25, 0.3) is 0 Å². The van der Waals surface area contributed by atoms with Crippen molar-refractivity contribution in [3.05, 3.63) is 101 Å². The monoisotopic (exact) mass is 747 g/mol. The summed E-state index contributed by atoms with van der Waals surface area (Å²) in [7, 11) is 5.44. The highest BCUT2D eigenvalue weighted by Crippen LogP contribution is 2.35. The number of nitrogens with one attached hydrogen (secondary N) is 2. The summed E-state index contributed by atoms with van der Waals surface area (Å²) in [4.78, 5) is 60.2. The van der Waals surface area contributed by atoms with Crippen molar-refractivity contribution in [3.8, 4) is 18.1 Å². The molecule has 13 heteroatoms. The zero-order chi connectivity index (χ0) is 39.1. The Morgan fingerprint density at radius 1 is 1.00 bits per heavy atom. The summed E-state index contributed by atoms with van der Waals surface area (Å²) in [6.07, 6.45) is 9.11. The molecule has 0 unspecified atom stereocenters. The summed E-state index contributed by atoms with van der Waals surface area (Å²) in [6.45, 7) is 3.64. The van der Waals surface area contributed by atoms with Crippen LogP contribution in [0.5, 0.6) is 5.75 Å². The first kappa shape index (κ1) is 38.9. The minimum Gasteiger partial charge on any atom is -0.497 e. The summed E-state index contributed by atoms with van der Waals surface area (Å²) < 4.78 is 10.9. The summed E-state index contributed by atoms with van der Waals surface area (Å²) >= 11 is 0. The van der Waals surface area contributed by atoms with Gasteiger partial charge in [0, 0.05) is 32.1 Å². The number of ether oxygens (including phenoxy) is 2. The van der Waals surface area contributed by atoms with Gasteiger partial charge in [0.15, 0.2) is 0 Å². The van der Waals surface area contributed by atoms with Crippen molar-refractivity contribution in [1.82, 2.24) is 35.4 Å². The average molecular weight is 748 g/mol. The summed E-state index contributed by atoms with van der Waals surface area (Å²) in [5, 5.41) is 10.9. The van der Waals surface area contributed by atoms with Gasteiger partial charge in [-0.2, -0.15) is 5.01 Å². The maximum absolute atomic E-state index is 14.6. The highest BCUT2D eigenvalue weighted by Gasteiger charge is 2.52. The Kier molecular flexibility index (Phi) is 12.4. The molecule has 0 aromatic heterocycles. The van der Waals surface area contributed by atoms with E-state index >= 15 is 0 Å². The lowest BCUT2D eigenvalue weighted by molar-refractivity contribution is -0.157. The molecule has 2 heterocycles. The van der Waals surface area contributed by atoms with Gasteiger partial charge in [0.05, 0.1) is 26.7 Å². The van der Waals surface area contributed by atoms with Crippen LogP contribution < -0.4 is 15.4 Å². The molecule has 0 saturated carbocycles. The first-order valence-electron chi connectivity index (χ1n) is 18.5. The van der Waals surface area contributed by atoms with Crippen LogP contribution in [0.1, 0.15) is 30.9 Å². The number of likely N-dealkylation sites (N-methyl/N-ethyl adjacent to an activating group) is 1. The summed E-state index contributed by atoms with van der Waals surface area (Å²) in [5.74, 6) is 3.25. The van der Waals surface area contributed by atoms with Gasteiger partial charge in [0.2, 0.25) is 11.8 Å². The zero-order valence-corrected chi connectivity index (χ0v) is 31.9. The molecule has 3 atom stereocenters. The van der Waals surface area contributed by atoms with Crippen LogP contribution in [0.15, 0.2) is 90.2 Å². The number of piperazine rings is 1. The van der Waals surface area contributed by atoms with E-state index in [-0.39, 0.29) is 50.3 Å². The number of carbonyl (C=O) groups is 4. The van der Waals surface area contributed by atoms with Crippen LogP contribution in [0, 0.1) is 18.3 Å². The molecule has 1 aliphatic carbocycles. The highest BCUT2D eigenvalue weighted by molar-refractivity contribution is 5.92. The zero-order valence-electron chi connectivity index (χ0n) is 31.9. The Labute approximate surface area is 322 Å². The third kappa shape index (κ3) is 9.11. The molecule has 55 heavy (non-hydrogen) atoms. The lowest BCUT2D eigenvalue weighted by Gasteiger charge is -2.46. The molecule has 6 rings (SSSR count). The third-order valence-electron chi connectivity index (χ3n) is 10.2. The van der Waals surface area contributed by atoms with E-state index in [1.54, 1.807) is 28.0 Å². The Balaban J connectivity index is 1.26. The molecule has 3 aliphatic rings. The number of allylic oxidation sites excluding steroid dienone is 3. The van der Waals surface area contributed by atoms with E-state index in [9.17, 15) is 19.2 Å². The van der Waals surface area contributed by atoms with Crippen molar-refractivity contribution in [1.29, 1.82) is 0 Å². The van der Waals surface area contributed by atoms with Gasteiger partial charge < -0.3 is 34.8 Å². The van der Waals surface area contributed by atoms with Crippen LogP contribution in [0.4, 0.5) is 9.59 Å². The number of methoxy groups -OCH3 is 1. The Morgan fingerprint density at radius 3 is 2.49 bits per heavy atom. The predicted octanol–water partition coefficient (Wildman–Crippen LogP) is 4.32. The Morgan fingerprint density at radius 2 is 1.76 bits per heavy atom. The Hall–Kier alpha value is -5.84. The molecule has 3 aromatic rings. The standard InChI is InChI=1S/C42H49N7O6/c1-6-21-47(41(52)44-25-30-14-17-34(54-5)18-15-30)48-28-39(50)49-36(24-31-16-19-37(29(2)23-31)55-42(53)43-20-22-45(3)4)40(51)46(27-38(48)49)26-33-12-9-11-32-10-7-8-13-35(32)33/h1,7-19,29,36,38H,20-28H2,2-5H3,(H,43,53)(H,44,52)/t29-,36+,38-/m1/s1. The number of nitrogens with zero attached hydrogens (tertiary/aromatic N) is 5. The molecular weight excluding hydrogens is 699 g/mol. The number of urea groups is 1.